The molecular formula is C21H23N3O2. The second-order valence-electron chi connectivity index (χ2n) is 5.95. The lowest BCUT2D eigenvalue weighted by atomic mass is 10.0. The van der Waals surface area contributed by atoms with Crippen LogP contribution in [0.15, 0.2) is 68.0 Å². The molecule has 2 aromatic rings. The number of nitrogens with zero attached hydrogens (tertiary/aromatic N) is 1. The normalized spacial score (nSPS) is 10.2. The number of hydrogen-bond acceptors (Lipinski definition) is 3. The van der Waals surface area contributed by atoms with Crippen molar-refractivity contribution in [1.29, 1.82) is 0 Å². The molecule has 0 unspecified atom stereocenters. The second kappa shape index (κ2) is 9.32. The SMILES string of the molecule is C=CCC(CC=C)C(=O)Nc1ccc(C)c(NC(=O)c2ccncc2)c1. The lowest BCUT2D eigenvalue weighted by Gasteiger charge is -2.15. The molecule has 0 aliphatic carbocycles. The van der Waals surface area contributed by atoms with Gasteiger partial charge in [-0.2, -0.15) is 0 Å². The van der Waals surface area contributed by atoms with Gasteiger partial charge in [-0.1, -0.05) is 18.2 Å². The Kier molecular flexibility index (Phi) is 6.85. The van der Waals surface area contributed by atoms with Gasteiger partial charge in [-0.05, 0) is 49.6 Å². The summed E-state index contributed by atoms with van der Waals surface area (Å²) in [6.45, 7) is 9.28. The molecule has 0 aliphatic heterocycles. The van der Waals surface area contributed by atoms with E-state index in [9.17, 15) is 9.59 Å². The molecule has 0 radical (unpaired) electrons. The van der Waals surface area contributed by atoms with Crippen LogP contribution in [0.2, 0.25) is 0 Å². The number of rotatable bonds is 8. The highest BCUT2D eigenvalue weighted by Gasteiger charge is 2.16. The number of carbonyl (C=O) groups excluding carboxylic acids is 2. The summed E-state index contributed by atoms with van der Waals surface area (Å²) in [4.78, 5) is 28.7. The van der Waals surface area contributed by atoms with Crippen molar-refractivity contribution >= 4 is 23.2 Å². The summed E-state index contributed by atoms with van der Waals surface area (Å²) in [7, 11) is 0. The van der Waals surface area contributed by atoms with E-state index in [1.54, 1.807) is 42.7 Å². The van der Waals surface area contributed by atoms with Gasteiger partial charge in [0.15, 0.2) is 0 Å². The third-order valence-electron chi connectivity index (χ3n) is 3.97. The highest BCUT2D eigenvalue weighted by molar-refractivity contribution is 6.05. The van der Waals surface area contributed by atoms with Gasteiger partial charge < -0.3 is 10.6 Å². The Morgan fingerprint density at radius 2 is 1.73 bits per heavy atom. The summed E-state index contributed by atoms with van der Waals surface area (Å²) in [6.07, 6.45) is 7.74. The molecule has 1 heterocycles. The molecule has 0 saturated carbocycles. The van der Waals surface area contributed by atoms with Crippen LogP contribution in [0.25, 0.3) is 0 Å². The minimum atomic E-state index is -0.227. The largest absolute Gasteiger partial charge is 0.326 e. The van der Waals surface area contributed by atoms with Gasteiger partial charge in [0.25, 0.3) is 5.91 Å². The van der Waals surface area contributed by atoms with Crippen molar-refractivity contribution in [2.45, 2.75) is 19.8 Å². The van der Waals surface area contributed by atoms with Crippen LogP contribution in [0, 0.1) is 12.8 Å². The fraction of sp³-hybridized carbons (Fsp3) is 0.190. The van der Waals surface area contributed by atoms with Gasteiger partial charge in [-0.15, -0.1) is 13.2 Å². The van der Waals surface area contributed by atoms with E-state index in [-0.39, 0.29) is 17.7 Å². The smallest absolute Gasteiger partial charge is 0.255 e. The predicted octanol–water partition coefficient (Wildman–Crippen LogP) is 4.35. The van der Waals surface area contributed by atoms with Gasteiger partial charge >= 0.3 is 0 Å². The molecule has 5 nitrogen and oxygen atoms in total. The Bertz CT molecular complexity index is 790. The number of aryl methyl sites for hydroxylation is 1. The monoisotopic (exact) mass is 349 g/mol. The van der Waals surface area contributed by atoms with Crippen LogP contribution in [-0.4, -0.2) is 16.8 Å². The maximum absolute atomic E-state index is 12.4. The summed E-state index contributed by atoms with van der Waals surface area (Å²) in [6, 6.07) is 8.71. The van der Waals surface area contributed by atoms with Crippen LogP contribution in [0.4, 0.5) is 11.4 Å². The quantitative estimate of drug-likeness (QED) is 0.696. The van der Waals surface area contributed by atoms with Crippen LogP contribution < -0.4 is 10.6 Å². The van der Waals surface area contributed by atoms with Crippen molar-refractivity contribution in [2.75, 3.05) is 10.6 Å². The van der Waals surface area contributed by atoms with Gasteiger partial charge in [0.2, 0.25) is 5.91 Å². The Hall–Kier alpha value is -3.21. The Labute approximate surface area is 153 Å². The highest BCUT2D eigenvalue weighted by Crippen LogP contribution is 2.22. The molecule has 0 bridgehead atoms. The van der Waals surface area contributed by atoms with Crippen LogP contribution in [0.5, 0.6) is 0 Å². The number of hydrogen-bond donors (Lipinski definition) is 2. The number of carbonyl (C=O) groups is 2. The van der Waals surface area contributed by atoms with E-state index in [2.05, 4.69) is 28.8 Å². The minimum Gasteiger partial charge on any atom is -0.326 e. The third-order valence-corrected chi connectivity index (χ3v) is 3.97. The highest BCUT2D eigenvalue weighted by atomic mass is 16.2. The molecule has 2 amide bonds. The fourth-order valence-corrected chi connectivity index (χ4v) is 2.49. The van der Waals surface area contributed by atoms with E-state index in [4.69, 9.17) is 0 Å². The van der Waals surface area contributed by atoms with E-state index in [1.165, 1.54) is 0 Å². The summed E-state index contributed by atoms with van der Waals surface area (Å²) < 4.78 is 0. The maximum Gasteiger partial charge on any atom is 0.255 e. The van der Waals surface area contributed by atoms with E-state index < -0.39 is 0 Å². The van der Waals surface area contributed by atoms with E-state index >= 15 is 0 Å². The summed E-state index contributed by atoms with van der Waals surface area (Å²) in [5, 5.41) is 5.77. The van der Waals surface area contributed by atoms with Crippen LogP contribution in [-0.2, 0) is 4.79 Å². The molecule has 26 heavy (non-hydrogen) atoms. The van der Waals surface area contributed by atoms with E-state index in [0.29, 0.717) is 29.8 Å². The van der Waals surface area contributed by atoms with Crippen LogP contribution in [0.1, 0.15) is 28.8 Å². The van der Waals surface area contributed by atoms with Gasteiger partial charge in [0.05, 0.1) is 0 Å². The van der Waals surface area contributed by atoms with Gasteiger partial charge in [0, 0.05) is 35.2 Å². The maximum atomic E-state index is 12.4. The summed E-state index contributed by atoms with van der Waals surface area (Å²) in [5.41, 5.74) is 2.70. The molecule has 0 fully saturated rings. The van der Waals surface area contributed by atoms with Crippen molar-refractivity contribution in [3.63, 3.8) is 0 Å². The summed E-state index contributed by atoms with van der Waals surface area (Å²) in [5.74, 6) is -0.531. The molecule has 0 saturated heterocycles. The zero-order chi connectivity index (χ0) is 18.9. The van der Waals surface area contributed by atoms with Crippen molar-refractivity contribution < 1.29 is 9.59 Å². The average molecular weight is 349 g/mol. The Balaban J connectivity index is 2.13. The molecule has 5 heteroatoms. The molecule has 1 aromatic heterocycles. The van der Waals surface area contributed by atoms with Gasteiger partial charge in [-0.25, -0.2) is 0 Å². The first-order valence-electron chi connectivity index (χ1n) is 8.39. The summed E-state index contributed by atoms with van der Waals surface area (Å²) >= 11 is 0. The van der Waals surface area contributed by atoms with Crippen LogP contribution in [0.3, 0.4) is 0 Å². The molecular weight excluding hydrogens is 326 g/mol. The molecule has 0 aliphatic rings. The van der Waals surface area contributed by atoms with Crippen molar-refractivity contribution in [3.05, 3.63) is 79.2 Å². The number of pyridine rings is 1. The topological polar surface area (TPSA) is 71.1 Å². The standard InChI is InChI=1S/C21H23N3O2/c1-4-6-16(7-5-2)20(25)23-18-9-8-15(3)19(14-18)24-21(26)17-10-12-22-13-11-17/h4-5,8-14,16H,1-2,6-7H2,3H3,(H,23,25)(H,24,26). The van der Waals surface area contributed by atoms with Gasteiger partial charge in [0.1, 0.15) is 0 Å². The number of aromatic nitrogens is 1. The van der Waals surface area contributed by atoms with Crippen molar-refractivity contribution in [3.8, 4) is 0 Å². The molecule has 1 aromatic carbocycles. The van der Waals surface area contributed by atoms with Gasteiger partial charge in [-0.3, -0.25) is 14.6 Å². The number of nitrogens with one attached hydrogen (secondary N) is 2. The molecule has 2 N–H and O–H groups in total. The molecule has 0 spiro atoms. The molecule has 134 valence electrons. The third kappa shape index (κ3) is 5.14. The van der Waals surface area contributed by atoms with E-state index in [0.717, 1.165) is 5.56 Å². The minimum absolute atomic E-state index is 0.0972. The Morgan fingerprint density at radius 1 is 1.08 bits per heavy atom. The van der Waals surface area contributed by atoms with E-state index in [1.807, 2.05) is 19.1 Å². The lowest BCUT2D eigenvalue weighted by molar-refractivity contribution is -0.119. The number of anilines is 2. The Morgan fingerprint density at radius 3 is 2.35 bits per heavy atom. The van der Waals surface area contributed by atoms with Crippen molar-refractivity contribution in [2.24, 2.45) is 5.92 Å². The fourth-order valence-electron chi connectivity index (χ4n) is 2.49. The first kappa shape index (κ1) is 19.1. The molecule has 2 rings (SSSR count). The number of benzene rings is 1. The average Bonchev–Trinajstić information content (AvgIpc) is 2.65. The zero-order valence-corrected chi connectivity index (χ0v) is 14.9. The second-order valence-corrected chi connectivity index (χ2v) is 5.95. The van der Waals surface area contributed by atoms with Crippen LogP contribution >= 0.6 is 0 Å². The zero-order valence-electron chi connectivity index (χ0n) is 14.9. The number of allylic oxidation sites excluding steroid dienone is 2. The first-order chi connectivity index (χ1) is 12.5. The first-order valence-corrected chi connectivity index (χ1v) is 8.39. The lowest BCUT2D eigenvalue weighted by Crippen LogP contribution is -2.22. The molecule has 0 atom stereocenters. The number of amides is 2. The van der Waals surface area contributed by atoms with Crippen molar-refractivity contribution in [1.82, 2.24) is 4.98 Å². The predicted molar refractivity (Wildman–Crippen MR) is 105 cm³/mol.